The molecule has 0 aliphatic carbocycles. The van der Waals surface area contributed by atoms with Crippen LogP contribution in [0.5, 0.6) is 5.75 Å². The van der Waals surface area contributed by atoms with Crippen LogP contribution in [0.25, 0.3) is 0 Å². The predicted octanol–water partition coefficient (Wildman–Crippen LogP) is 2.15. The zero-order chi connectivity index (χ0) is 19.6. The van der Waals surface area contributed by atoms with Gasteiger partial charge in [-0.3, -0.25) is 4.79 Å². The SMILES string of the molecule is COCCCN1CCC(CC2c3cccc(C(N)=O)c3OC2(C)C)C(O)C1. The molecule has 3 N–H and O–H groups in total. The highest BCUT2D eigenvalue weighted by molar-refractivity contribution is 5.96. The van der Waals surface area contributed by atoms with Crippen molar-refractivity contribution in [1.82, 2.24) is 4.90 Å². The third kappa shape index (κ3) is 4.28. The van der Waals surface area contributed by atoms with Crippen molar-refractivity contribution in [2.75, 3.05) is 33.4 Å². The molecular formula is C21H32N2O4. The fourth-order valence-corrected chi connectivity index (χ4v) is 4.52. The fraction of sp³-hybridized carbons (Fsp3) is 0.667. The Labute approximate surface area is 161 Å². The number of aliphatic hydroxyl groups excluding tert-OH is 1. The lowest BCUT2D eigenvalue weighted by atomic mass is 9.76. The van der Waals surface area contributed by atoms with Crippen LogP contribution in [0.15, 0.2) is 18.2 Å². The molecule has 1 aromatic carbocycles. The van der Waals surface area contributed by atoms with Gasteiger partial charge in [0, 0.05) is 38.3 Å². The minimum absolute atomic E-state index is 0.131. The van der Waals surface area contributed by atoms with Crippen molar-refractivity contribution in [3.8, 4) is 5.75 Å². The summed E-state index contributed by atoms with van der Waals surface area (Å²) in [4.78, 5) is 14.1. The summed E-state index contributed by atoms with van der Waals surface area (Å²) in [6, 6.07) is 5.60. The van der Waals surface area contributed by atoms with E-state index >= 15 is 0 Å². The number of nitrogens with zero attached hydrogens (tertiary/aromatic N) is 1. The molecule has 27 heavy (non-hydrogen) atoms. The number of methoxy groups -OCH3 is 1. The number of amides is 1. The molecule has 2 aliphatic heterocycles. The van der Waals surface area contributed by atoms with Gasteiger partial charge in [0.1, 0.15) is 11.4 Å². The number of likely N-dealkylation sites (tertiary alicyclic amines) is 1. The molecule has 1 aromatic rings. The summed E-state index contributed by atoms with van der Waals surface area (Å²) in [5.74, 6) is 0.505. The Morgan fingerprint density at radius 1 is 1.44 bits per heavy atom. The van der Waals surface area contributed by atoms with E-state index < -0.39 is 11.5 Å². The monoisotopic (exact) mass is 376 g/mol. The van der Waals surface area contributed by atoms with E-state index in [9.17, 15) is 9.90 Å². The number of piperidine rings is 1. The average Bonchev–Trinajstić information content (AvgIpc) is 2.87. The van der Waals surface area contributed by atoms with E-state index in [4.69, 9.17) is 15.2 Å². The standard InChI is InChI=1S/C21H32N2O4/c1-21(2)17(15-6-4-7-16(20(22)25)19(15)27-21)12-14-8-10-23(13-18(14)24)9-5-11-26-3/h4,6-7,14,17-18,24H,5,8-13H2,1-3H3,(H2,22,25). The molecule has 6 heteroatoms. The maximum Gasteiger partial charge on any atom is 0.252 e. The Morgan fingerprint density at radius 3 is 2.89 bits per heavy atom. The molecule has 0 aromatic heterocycles. The number of carbonyl (C=O) groups excluding carboxylic acids is 1. The Balaban J connectivity index is 1.70. The molecule has 1 saturated heterocycles. The summed E-state index contributed by atoms with van der Waals surface area (Å²) in [5.41, 5.74) is 6.57. The summed E-state index contributed by atoms with van der Waals surface area (Å²) >= 11 is 0. The maximum absolute atomic E-state index is 11.8. The number of hydrogen-bond donors (Lipinski definition) is 2. The van der Waals surface area contributed by atoms with Gasteiger partial charge in [0.25, 0.3) is 5.91 Å². The van der Waals surface area contributed by atoms with Gasteiger partial charge in [-0.15, -0.1) is 0 Å². The van der Waals surface area contributed by atoms with Crippen molar-refractivity contribution >= 4 is 5.91 Å². The van der Waals surface area contributed by atoms with Crippen molar-refractivity contribution in [2.24, 2.45) is 11.7 Å². The summed E-state index contributed by atoms with van der Waals surface area (Å²) < 4.78 is 11.3. The van der Waals surface area contributed by atoms with Crippen molar-refractivity contribution < 1.29 is 19.4 Å². The summed E-state index contributed by atoms with van der Waals surface area (Å²) in [7, 11) is 1.72. The van der Waals surface area contributed by atoms with E-state index in [-0.39, 0.29) is 17.9 Å². The number of carbonyl (C=O) groups is 1. The lowest BCUT2D eigenvalue weighted by Crippen LogP contribution is -2.45. The number of β-amino-alcohol motifs (C(OH)–C–C–N with tert-alkyl or cyclic N) is 1. The number of hydrogen-bond acceptors (Lipinski definition) is 5. The summed E-state index contributed by atoms with van der Waals surface area (Å²) in [6.07, 6.45) is 2.45. The smallest absolute Gasteiger partial charge is 0.252 e. The second-order valence-corrected chi connectivity index (χ2v) is 8.35. The highest BCUT2D eigenvalue weighted by Crippen LogP contribution is 2.49. The van der Waals surface area contributed by atoms with Gasteiger partial charge in [0.05, 0.1) is 11.7 Å². The van der Waals surface area contributed by atoms with E-state index in [1.165, 1.54) is 0 Å². The van der Waals surface area contributed by atoms with Gasteiger partial charge in [-0.25, -0.2) is 0 Å². The molecular weight excluding hydrogens is 344 g/mol. The first-order valence-corrected chi connectivity index (χ1v) is 9.84. The van der Waals surface area contributed by atoms with E-state index in [1.807, 2.05) is 12.1 Å². The van der Waals surface area contributed by atoms with Crippen molar-refractivity contribution in [1.29, 1.82) is 0 Å². The first-order chi connectivity index (χ1) is 12.8. The Morgan fingerprint density at radius 2 is 2.22 bits per heavy atom. The Hall–Kier alpha value is -1.63. The van der Waals surface area contributed by atoms with Crippen LogP contribution in [-0.2, 0) is 4.74 Å². The number of ether oxygens (including phenoxy) is 2. The van der Waals surface area contributed by atoms with Crippen molar-refractivity contribution in [3.05, 3.63) is 29.3 Å². The summed E-state index contributed by atoms with van der Waals surface area (Å²) in [5, 5.41) is 10.7. The lowest BCUT2D eigenvalue weighted by Gasteiger charge is -2.38. The molecule has 3 atom stereocenters. The van der Waals surface area contributed by atoms with Crippen LogP contribution in [0.4, 0.5) is 0 Å². The van der Waals surface area contributed by atoms with E-state index in [0.29, 0.717) is 17.9 Å². The minimum atomic E-state index is -0.465. The fourth-order valence-electron chi connectivity index (χ4n) is 4.52. The third-order valence-corrected chi connectivity index (χ3v) is 6.06. The molecule has 2 aliphatic rings. The minimum Gasteiger partial charge on any atom is -0.486 e. The van der Waals surface area contributed by atoms with Crippen molar-refractivity contribution in [2.45, 2.75) is 50.7 Å². The number of para-hydroxylation sites is 1. The zero-order valence-corrected chi connectivity index (χ0v) is 16.6. The normalized spacial score (nSPS) is 27.2. The van der Waals surface area contributed by atoms with Crippen LogP contribution in [0.3, 0.4) is 0 Å². The molecule has 0 saturated carbocycles. The zero-order valence-electron chi connectivity index (χ0n) is 16.6. The number of aliphatic hydroxyl groups is 1. The molecule has 1 amide bonds. The van der Waals surface area contributed by atoms with Gasteiger partial charge in [-0.05, 0) is 51.6 Å². The van der Waals surface area contributed by atoms with Crippen LogP contribution in [0.1, 0.15) is 54.9 Å². The van der Waals surface area contributed by atoms with Crippen LogP contribution in [0, 0.1) is 5.92 Å². The number of rotatable bonds is 7. The molecule has 3 rings (SSSR count). The van der Waals surface area contributed by atoms with Gasteiger partial charge in [-0.2, -0.15) is 0 Å². The number of benzene rings is 1. The average molecular weight is 376 g/mol. The highest BCUT2D eigenvalue weighted by Gasteiger charge is 2.44. The first kappa shape index (κ1) is 20.1. The van der Waals surface area contributed by atoms with Gasteiger partial charge in [-0.1, -0.05) is 12.1 Å². The lowest BCUT2D eigenvalue weighted by molar-refractivity contribution is 0.00277. The molecule has 2 heterocycles. The Kier molecular flexibility index (Phi) is 6.08. The number of primary amides is 1. The van der Waals surface area contributed by atoms with Crippen molar-refractivity contribution in [3.63, 3.8) is 0 Å². The van der Waals surface area contributed by atoms with Crippen LogP contribution in [-0.4, -0.2) is 61.0 Å². The third-order valence-electron chi connectivity index (χ3n) is 6.06. The second kappa shape index (κ2) is 8.17. The quantitative estimate of drug-likeness (QED) is 0.712. The van der Waals surface area contributed by atoms with Gasteiger partial charge < -0.3 is 25.2 Å². The molecule has 150 valence electrons. The van der Waals surface area contributed by atoms with Gasteiger partial charge in [0.2, 0.25) is 0 Å². The van der Waals surface area contributed by atoms with Crippen LogP contribution >= 0.6 is 0 Å². The molecule has 0 spiro atoms. The molecule has 6 nitrogen and oxygen atoms in total. The van der Waals surface area contributed by atoms with E-state index in [0.717, 1.165) is 44.5 Å². The predicted molar refractivity (Wildman–Crippen MR) is 104 cm³/mol. The highest BCUT2D eigenvalue weighted by atomic mass is 16.5. The Bertz CT molecular complexity index is 676. The topological polar surface area (TPSA) is 85.0 Å². The molecule has 1 fully saturated rings. The molecule has 0 bridgehead atoms. The van der Waals surface area contributed by atoms with Gasteiger partial charge >= 0.3 is 0 Å². The second-order valence-electron chi connectivity index (χ2n) is 8.35. The summed E-state index contributed by atoms with van der Waals surface area (Å²) in [6.45, 7) is 7.51. The van der Waals surface area contributed by atoms with E-state index in [2.05, 4.69) is 18.7 Å². The first-order valence-electron chi connectivity index (χ1n) is 9.84. The van der Waals surface area contributed by atoms with E-state index in [1.54, 1.807) is 13.2 Å². The molecule has 3 unspecified atom stereocenters. The largest absolute Gasteiger partial charge is 0.486 e. The van der Waals surface area contributed by atoms with Gasteiger partial charge in [0.15, 0.2) is 0 Å². The van der Waals surface area contributed by atoms with Crippen LogP contribution in [0.2, 0.25) is 0 Å². The number of nitrogens with two attached hydrogens (primary N) is 1. The number of fused-ring (bicyclic) bond motifs is 1. The molecule has 0 radical (unpaired) electrons. The van der Waals surface area contributed by atoms with Crippen LogP contribution < -0.4 is 10.5 Å². The maximum atomic E-state index is 11.8.